The fourth-order valence-corrected chi connectivity index (χ4v) is 1.50. The van der Waals surface area contributed by atoms with Gasteiger partial charge in [0.1, 0.15) is 13.2 Å². The molecule has 0 radical (unpaired) electrons. The standard InChI is InChI=1S/C13H12I2O3/c1-3-5-11(7-14)9-17-13(16)18-10-12(8-15)6-4-2/h7-8H,9-10H2,1-2H3/b11-7+,12-8+. The van der Waals surface area contributed by atoms with Crippen LogP contribution in [0, 0.1) is 23.7 Å². The summed E-state index contributed by atoms with van der Waals surface area (Å²) < 4.78 is 13.3. The first-order valence-electron chi connectivity index (χ1n) is 4.91. The van der Waals surface area contributed by atoms with Gasteiger partial charge in [-0.3, -0.25) is 0 Å². The summed E-state index contributed by atoms with van der Waals surface area (Å²) in [6, 6.07) is 0. The zero-order valence-electron chi connectivity index (χ0n) is 10.0. The normalized spacial score (nSPS) is 10.7. The summed E-state index contributed by atoms with van der Waals surface area (Å²) in [4.78, 5) is 11.3. The molecular weight excluding hydrogens is 458 g/mol. The van der Waals surface area contributed by atoms with Gasteiger partial charge in [0.25, 0.3) is 0 Å². The molecule has 0 saturated carbocycles. The van der Waals surface area contributed by atoms with Crippen LogP contribution in [0.1, 0.15) is 13.8 Å². The van der Waals surface area contributed by atoms with Gasteiger partial charge in [0, 0.05) is 11.1 Å². The Hall–Kier alpha value is -0.670. The van der Waals surface area contributed by atoms with Gasteiger partial charge in [-0.15, -0.1) is 11.8 Å². The molecule has 0 N–H and O–H groups in total. The fourth-order valence-electron chi connectivity index (χ4n) is 0.826. The van der Waals surface area contributed by atoms with Gasteiger partial charge < -0.3 is 9.47 Å². The van der Waals surface area contributed by atoms with Crippen molar-refractivity contribution in [1.82, 2.24) is 0 Å². The lowest BCUT2D eigenvalue weighted by Crippen LogP contribution is -2.11. The van der Waals surface area contributed by atoms with Gasteiger partial charge in [-0.2, -0.15) is 0 Å². The van der Waals surface area contributed by atoms with Crippen LogP contribution in [0.15, 0.2) is 19.3 Å². The molecule has 0 amide bonds. The highest BCUT2D eigenvalue weighted by atomic mass is 127. The first-order valence-corrected chi connectivity index (χ1v) is 7.40. The van der Waals surface area contributed by atoms with Gasteiger partial charge in [-0.25, -0.2) is 4.79 Å². The molecule has 0 aliphatic rings. The van der Waals surface area contributed by atoms with Crippen molar-refractivity contribution < 1.29 is 14.3 Å². The van der Waals surface area contributed by atoms with Gasteiger partial charge >= 0.3 is 6.16 Å². The largest absolute Gasteiger partial charge is 0.508 e. The highest BCUT2D eigenvalue weighted by Crippen LogP contribution is 2.03. The average molecular weight is 470 g/mol. The number of hydrogen-bond acceptors (Lipinski definition) is 3. The fraction of sp³-hybridized carbons (Fsp3) is 0.308. The van der Waals surface area contributed by atoms with Crippen molar-refractivity contribution in [3.8, 4) is 23.7 Å². The maximum absolute atomic E-state index is 11.3. The predicted octanol–water partition coefficient (Wildman–Crippen LogP) is 3.82. The molecule has 0 heterocycles. The minimum Gasteiger partial charge on any atom is -0.429 e. The van der Waals surface area contributed by atoms with Crippen LogP contribution in [0.5, 0.6) is 0 Å². The molecule has 0 unspecified atom stereocenters. The third-order valence-electron chi connectivity index (χ3n) is 1.53. The third-order valence-corrected chi connectivity index (χ3v) is 3.03. The average Bonchev–Trinajstić information content (AvgIpc) is 2.39. The Balaban J connectivity index is 4.11. The molecular formula is C13H12I2O3. The minimum atomic E-state index is -0.725. The van der Waals surface area contributed by atoms with Crippen molar-refractivity contribution in [2.45, 2.75) is 13.8 Å². The van der Waals surface area contributed by atoms with Crippen LogP contribution in [0.25, 0.3) is 0 Å². The number of carbonyl (C=O) groups excluding carboxylic acids is 1. The first kappa shape index (κ1) is 17.3. The van der Waals surface area contributed by atoms with Crippen molar-refractivity contribution in [2.75, 3.05) is 13.2 Å². The molecule has 0 aliphatic heterocycles. The minimum absolute atomic E-state index is 0.116. The van der Waals surface area contributed by atoms with Gasteiger partial charge in [-0.05, 0) is 22.0 Å². The van der Waals surface area contributed by atoms with E-state index in [4.69, 9.17) is 9.47 Å². The molecule has 0 saturated heterocycles. The van der Waals surface area contributed by atoms with E-state index in [-0.39, 0.29) is 13.2 Å². The van der Waals surface area contributed by atoms with Gasteiger partial charge in [0.15, 0.2) is 0 Å². The quantitative estimate of drug-likeness (QED) is 0.356. The highest BCUT2D eigenvalue weighted by Gasteiger charge is 2.05. The van der Waals surface area contributed by atoms with E-state index in [2.05, 4.69) is 23.7 Å². The summed E-state index contributed by atoms with van der Waals surface area (Å²) in [6.07, 6.45) is -0.725. The van der Waals surface area contributed by atoms with E-state index >= 15 is 0 Å². The van der Waals surface area contributed by atoms with Gasteiger partial charge in [-0.1, -0.05) is 57.0 Å². The van der Waals surface area contributed by atoms with Crippen LogP contribution in [0.3, 0.4) is 0 Å². The van der Waals surface area contributed by atoms with Crippen molar-refractivity contribution in [2.24, 2.45) is 0 Å². The van der Waals surface area contributed by atoms with E-state index in [1.54, 1.807) is 22.0 Å². The molecule has 18 heavy (non-hydrogen) atoms. The number of ether oxygens (including phenoxy) is 2. The van der Waals surface area contributed by atoms with Crippen LogP contribution in [-0.4, -0.2) is 19.4 Å². The van der Waals surface area contributed by atoms with Crippen molar-refractivity contribution in [1.29, 1.82) is 0 Å². The SMILES string of the molecule is CC#C/C(=C\I)COC(=O)OC/C(C#CC)=C/I. The van der Waals surface area contributed by atoms with Crippen LogP contribution in [0.4, 0.5) is 4.79 Å². The molecule has 0 aromatic heterocycles. The van der Waals surface area contributed by atoms with E-state index in [1.807, 2.05) is 45.2 Å². The Labute approximate surface area is 135 Å². The van der Waals surface area contributed by atoms with Crippen LogP contribution >= 0.6 is 45.2 Å². The molecule has 0 rings (SSSR count). The molecule has 96 valence electrons. The van der Waals surface area contributed by atoms with Crippen LogP contribution in [-0.2, 0) is 9.47 Å². The first-order chi connectivity index (χ1) is 8.67. The lowest BCUT2D eigenvalue weighted by atomic mass is 10.3. The second-order valence-electron chi connectivity index (χ2n) is 2.85. The zero-order chi connectivity index (χ0) is 13.8. The highest BCUT2D eigenvalue weighted by molar-refractivity contribution is 14.1. The number of rotatable bonds is 4. The Morgan fingerprint density at radius 3 is 1.67 bits per heavy atom. The van der Waals surface area contributed by atoms with E-state index in [0.29, 0.717) is 0 Å². The zero-order valence-corrected chi connectivity index (χ0v) is 14.4. The molecule has 3 nitrogen and oxygen atoms in total. The Morgan fingerprint density at radius 1 is 1.00 bits per heavy atom. The lowest BCUT2D eigenvalue weighted by Gasteiger charge is -2.05. The molecule has 0 spiro atoms. The summed E-state index contributed by atoms with van der Waals surface area (Å²) in [5.41, 5.74) is 1.46. The predicted molar refractivity (Wildman–Crippen MR) is 88.4 cm³/mol. The van der Waals surface area contributed by atoms with E-state index < -0.39 is 6.16 Å². The van der Waals surface area contributed by atoms with Crippen LogP contribution in [0.2, 0.25) is 0 Å². The van der Waals surface area contributed by atoms with E-state index in [1.165, 1.54) is 0 Å². The third kappa shape index (κ3) is 8.43. The summed E-state index contributed by atoms with van der Waals surface area (Å²) in [6.45, 7) is 3.68. The van der Waals surface area contributed by atoms with Crippen molar-refractivity contribution in [3.63, 3.8) is 0 Å². The second-order valence-corrected chi connectivity index (χ2v) is 4.09. The van der Waals surface area contributed by atoms with Gasteiger partial charge in [0.05, 0.1) is 0 Å². The Morgan fingerprint density at radius 2 is 1.39 bits per heavy atom. The topological polar surface area (TPSA) is 35.5 Å². The number of carbonyl (C=O) groups is 1. The van der Waals surface area contributed by atoms with E-state index in [9.17, 15) is 4.79 Å². The van der Waals surface area contributed by atoms with Gasteiger partial charge in [0.2, 0.25) is 0 Å². The lowest BCUT2D eigenvalue weighted by molar-refractivity contribution is 0.0696. The molecule has 0 aromatic rings. The Bertz CT molecular complexity index is 414. The Kier molecular flexibility index (Phi) is 11.0. The number of hydrogen-bond donors (Lipinski definition) is 0. The summed E-state index contributed by atoms with van der Waals surface area (Å²) >= 11 is 4.09. The molecule has 0 atom stereocenters. The second kappa shape index (κ2) is 11.4. The molecule has 5 heteroatoms. The summed E-state index contributed by atoms with van der Waals surface area (Å²) in [5.74, 6) is 11.1. The van der Waals surface area contributed by atoms with Crippen molar-refractivity contribution in [3.05, 3.63) is 19.3 Å². The maximum atomic E-state index is 11.3. The molecule has 0 aromatic carbocycles. The smallest absolute Gasteiger partial charge is 0.429 e. The maximum Gasteiger partial charge on any atom is 0.508 e. The van der Waals surface area contributed by atoms with E-state index in [0.717, 1.165) is 11.1 Å². The number of halogens is 2. The molecule has 0 bridgehead atoms. The molecule has 0 aliphatic carbocycles. The molecule has 0 fully saturated rings. The summed E-state index contributed by atoms with van der Waals surface area (Å²) in [7, 11) is 0. The summed E-state index contributed by atoms with van der Waals surface area (Å²) in [5, 5.41) is 0. The monoisotopic (exact) mass is 470 g/mol. The van der Waals surface area contributed by atoms with Crippen LogP contribution < -0.4 is 0 Å². The van der Waals surface area contributed by atoms with Crippen molar-refractivity contribution >= 4 is 51.3 Å².